The highest BCUT2D eigenvalue weighted by Gasteiger charge is 2.34. The average molecular weight is 248 g/mol. The minimum atomic E-state index is -0.615. The second-order valence-electron chi connectivity index (χ2n) is 5.49. The lowest BCUT2D eigenvalue weighted by Gasteiger charge is -2.36. The zero-order chi connectivity index (χ0) is 13.0. The van der Waals surface area contributed by atoms with Crippen molar-refractivity contribution in [2.24, 2.45) is 5.92 Å². The molecular formula is C16H24O2. The lowest BCUT2D eigenvalue weighted by atomic mass is 9.74. The minimum absolute atomic E-state index is 0.615. The van der Waals surface area contributed by atoms with E-state index in [2.05, 4.69) is 6.92 Å². The number of rotatable bonds is 4. The molecule has 0 spiro atoms. The molecule has 0 saturated heterocycles. The van der Waals surface area contributed by atoms with Crippen LogP contribution in [0.3, 0.4) is 0 Å². The lowest BCUT2D eigenvalue weighted by Crippen LogP contribution is -2.31. The number of hydrogen-bond acceptors (Lipinski definition) is 2. The van der Waals surface area contributed by atoms with Gasteiger partial charge in [0.1, 0.15) is 5.75 Å². The van der Waals surface area contributed by atoms with Crippen LogP contribution in [-0.4, -0.2) is 12.2 Å². The summed E-state index contributed by atoms with van der Waals surface area (Å²) in [7, 11) is 1.67. The zero-order valence-electron chi connectivity index (χ0n) is 11.5. The Morgan fingerprint density at radius 2 is 1.83 bits per heavy atom. The Balaban J connectivity index is 2.03. The van der Waals surface area contributed by atoms with Crippen molar-refractivity contribution < 1.29 is 9.84 Å². The van der Waals surface area contributed by atoms with Crippen molar-refractivity contribution in [3.05, 3.63) is 29.8 Å². The molecule has 0 aliphatic heterocycles. The monoisotopic (exact) mass is 248 g/mol. The van der Waals surface area contributed by atoms with Crippen LogP contribution in [0.5, 0.6) is 5.75 Å². The molecule has 1 saturated carbocycles. The molecule has 1 aromatic rings. The van der Waals surface area contributed by atoms with Crippen LogP contribution in [-0.2, 0) is 5.60 Å². The average Bonchev–Trinajstić information content (AvgIpc) is 2.42. The second kappa shape index (κ2) is 5.75. The third-order valence-electron chi connectivity index (χ3n) is 4.26. The van der Waals surface area contributed by atoms with Crippen LogP contribution >= 0.6 is 0 Å². The highest BCUT2D eigenvalue weighted by Crippen LogP contribution is 2.41. The van der Waals surface area contributed by atoms with Gasteiger partial charge in [0.2, 0.25) is 0 Å². The first-order chi connectivity index (χ1) is 8.68. The fourth-order valence-corrected chi connectivity index (χ4v) is 3.04. The topological polar surface area (TPSA) is 29.5 Å². The SMILES string of the molecule is CCCC1CCC(O)(c2ccc(OC)cc2)CC1. The summed E-state index contributed by atoms with van der Waals surface area (Å²) in [5.74, 6) is 1.66. The van der Waals surface area contributed by atoms with Crippen LogP contribution in [0.4, 0.5) is 0 Å². The lowest BCUT2D eigenvalue weighted by molar-refractivity contribution is -0.0152. The van der Waals surface area contributed by atoms with E-state index in [0.29, 0.717) is 0 Å². The normalized spacial score (nSPS) is 28.1. The van der Waals surface area contributed by atoms with Crippen molar-refractivity contribution in [1.29, 1.82) is 0 Å². The van der Waals surface area contributed by atoms with Crippen LogP contribution in [0.2, 0.25) is 0 Å². The number of aliphatic hydroxyl groups is 1. The molecule has 0 heterocycles. The van der Waals surface area contributed by atoms with Crippen molar-refractivity contribution in [3.8, 4) is 5.75 Å². The summed E-state index contributed by atoms with van der Waals surface area (Å²) < 4.78 is 5.16. The molecule has 0 atom stereocenters. The van der Waals surface area contributed by atoms with Gasteiger partial charge in [-0.2, -0.15) is 0 Å². The van der Waals surface area contributed by atoms with Crippen molar-refractivity contribution in [3.63, 3.8) is 0 Å². The largest absolute Gasteiger partial charge is 0.497 e. The van der Waals surface area contributed by atoms with Crippen LogP contribution < -0.4 is 4.74 Å². The smallest absolute Gasteiger partial charge is 0.118 e. The Morgan fingerprint density at radius 1 is 1.22 bits per heavy atom. The molecule has 0 radical (unpaired) electrons. The van der Waals surface area contributed by atoms with E-state index in [1.807, 2.05) is 24.3 Å². The summed E-state index contributed by atoms with van der Waals surface area (Å²) >= 11 is 0. The summed E-state index contributed by atoms with van der Waals surface area (Å²) in [5.41, 5.74) is 0.425. The number of methoxy groups -OCH3 is 1. The van der Waals surface area contributed by atoms with Gasteiger partial charge in [0.25, 0.3) is 0 Å². The zero-order valence-corrected chi connectivity index (χ0v) is 11.5. The van der Waals surface area contributed by atoms with E-state index in [4.69, 9.17) is 4.74 Å². The number of ether oxygens (including phenoxy) is 1. The first-order valence-corrected chi connectivity index (χ1v) is 7.05. The summed E-state index contributed by atoms with van der Waals surface area (Å²) in [5, 5.41) is 10.8. The maximum atomic E-state index is 10.8. The van der Waals surface area contributed by atoms with Gasteiger partial charge in [0, 0.05) is 0 Å². The molecule has 1 aromatic carbocycles. The van der Waals surface area contributed by atoms with Gasteiger partial charge in [-0.05, 0) is 49.3 Å². The molecule has 2 heteroatoms. The van der Waals surface area contributed by atoms with Crippen LogP contribution in [0.25, 0.3) is 0 Å². The van der Waals surface area contributed by atoms with Gasteiger partial charge in [-0.15, -0.1) is 0 Å². The van der Waals surface area contributed by atoms with E-state index < -0.39 is 5.60 Å². The van der Waals surface area contributed by atoms with Gasteiger partial charge >= 0.3 is 0 Å². The molecular weight excluding hydrogens is 224 g/mol. The Kier molecular flexibility index (Phi) is 4.28. The first kappa shape index (κ1) is 13.4. The fourth-order valence-electron chi connectivity index (χ4n) is 3.04. The highest BCUT2D eigenvalue weighted by molar-refractivity contribution is 5.31. The van der Waals surface area contributed by atoms with Crippen molar-refractivity contribution >= 4 is 0 Å². The molecule has 2 rings (SSSR count). The summed E-state index contributed by atoms with van der Waals surface area (Å²) in [6, 6.07) is 7.87. The second-order valence-corrected chi connectivity index (χ2v) is 5.49. The van der Waals surface area contributed by atoms with Gasteiger partial charge < -0.3 is 9.84 Å². The molecule has 0 aromatic heterocycles. The molecule has 0 amide bonds. The molecule has 18 heavy (non-hydrogen) atoms. The van der Waals surface area contributed by atoms with Crippen LogP contribution in [0, 0.1) is 5.92 Å². The van der Waals surface area contributed by atoms with Crippen LogP contribution in [0.15, 0.2) is 24.3 Å². The third-order valence-corrected chi connectivity index (χ3v) is 4.26. The standard InChI is InChI=1S/C16H24O2/c1-3-4-13-9-11-16(17,12-10-13)14-5-7-15(18-2)8-6-14/h5-8,13,17H,3-4,9-12H2,1-2H3. The van der Waals surface area contributed by atoms with E-state index >= 15 is 0 Å². The van der Waals surface area contributed by atoms with Gasteiger partial charge in [-0.25, -0.2) is 0 Å². The molecule has 1 aliphatic rings. The summed E-state index contributed by atoms with van der Waals surface area (Å²) in [6.45, 7) is 2.24. The van der Waals surface area contributed by atoms with E-state index in [1.54, 1.807) is 7.11 Å². The van der Waals surface area contributed by atoms with Crippen LogP contribution in [0.1, 0.15) is 51.0 Å². The van der Waals surface area contributed by atoms with Gasteiger partial charge in [-0.1, -0.05) is 31.9 Å². The first-order valence-electron chi connectivity index (χ1n) is 7.05. The predicted molar refractivity (Wildman–Crippen MR) is 73.8 cm³/mol. The number of hydrogen-bond donors (Lipinski definition) is 1. The summed E-state index contributed by atoms with van der Waals surface area (Å²) in [4.78, 5) is 0. The van der Waals surface area contributed by atoms with Crippen molar-refractivity contribution in [1.82, 2.24) is 0 Å². The molecule has 1 N–H and O–H groups in total. The van der Waals surface area contributed by atoms with Gasteiger partial charge in [0.05, 0.1) is 12.7 Å². The molecule has 0 bridgehead atoms. The Morgan fingerprint density at radius 3 is 2.33 bits per heavy atom. The maximum absolute atomic E-state index is 10.8. The molecule has 0 unspecified atom stereocenters. The minimum Gasteiger partial charge on any atom is -0.497 e. The van der Waals surface area contributed by atoms with E-state index in [9.17, 15) is 5.11 Å². The highest BCUT2D eigenvalue weighted by atomic mass is 16.5. The fraction of sp³-hybridized carbons (Fsp3) is 0.625. The van der Waals surface area contributed by atoms with Gasteiger partial charge in [0.15, 0.2) is 0 Å². The molecule has 100 valence electrons. The maximum Gasteiger partial charge on any atom is 0.118 e. The van der Waals surface area contributed by atoms with E-state index in [0.717, 1.165) is 42.9 Å². The molecule has 2 nitrogen and oxygen atoms in total. The van der Waals surface area contributed by atoms with E-state index in [1.165, 1.54) is 12.8 Å². The van der Waals surface area contributed by atoms with Crippen molar-refractivity contribution in [2.45, 2.75) is 51.0 Å². The predicted octanol–water partition coefficient (Wildman–Crippen LogP) is 3.87. The summed E-state index contributed by atoms with van der Waals surface area (Å²) in [6.07, 6.45) is 6.64. The van der Waals surface area contributed by atoms with Gasteiger partial charge in [-0.3, -0.25) is 0 Å². The van der Waals surface area contributed by atoms with Crippen molar-refractivity contribution in [2.75, 3.05) is 7.11 Å². The number of benzene rings is 1. The molecule has 1 fully saturated rings. The Hall–Kier alpha value is -1.02. The third kappa shape index (κ3) is 2.86. The quantitative estimate of drug-likeness (QED) is 0.876. The molecule has 1 aliphatic carbocycles. The Bertz CT molecular complexity index is 361. The van der Waals surface area contributed by atoms with E-state index in [-0.39, 0.29) is 0 Å². The Labute approximate surface area is 110 Å².